The first-order valence-corrected chi connectivity index (χ1v) is 9.55. The summed E-state index contributed by atoms with van der Waals surface area (Å²) < 4.78 is 5.56. The largest absolute Gasteiger partial charge is 0.494 e. The van der Waals surface area contributed by atoms with Gasteiger partial charge in [-0.25, -0.2) is 4.98 Å². The first-order valence-electron chi connectivity index (χ1n) is 9.55. The predicted molar refractivity (Wildman–Crippen MR) is 104 cm³/mol. The molecule has 0 aliphatic carbocycles. The number of hydrogen-bond acceptors (Lipinski definition) is 4. The van der Waals surface area contributed by atoms with Crippen molar-refractivity contribution in [2.24, 2.45) is 0 Å². The van der Waals surface area contributed by atoms with Crippen LogP contribution < -0.4 is 9.64 Å². The van der Waals surface area contributed by atoms with Gasteiger partial charge in [-0.1, -0.05) is 12.1 Å². The Labute approximate surface area is 150 Å². The Morgan fingerprint density at radius 1 is 1.16 bits per heavy atom. The van der Waals surface area contributed by atoms with Crippen LogP contribution in [0.3, 0.4) is 0 Å². The van der Waals surface area contributed by atoms with Crippen LogP contribution in [-0.2, 0) is 0 Å². The molecule has 4 heteroatoms. The van der Waals surface area contributed by atoms with E-state index in [2.05, 4.69) is 48.8 Å². The number of anilines is 1. The third-order valence-electron chi connectivity index (χ3n) is 5.91. The van der Waals surface area contributed by atoms with Gasteiger partial charge in [-0.05, 0) is 52.2 Å². The zero-order valence-corrected chi connectivity index (χ0v) is 15.8. The smallest absolute Gasteiger partial charge is 0.145 e. The molecule has 0 N–H and O–H groups in total. The van der Waals surface area contributed by atoms with E-state index < -0.39 is 0 Å². The highest BCUT2D eigenvalue weighted by atomic mass is 16.5. The van der Waals surface area contributed by atoms with Crippen molar-refractivity contribution in [1.29, 1.82) is 0 Å². The average Bonchev–Trinajstić information content (AvgIpc) is 2.88. The molecule has 2 saturated heterocycles. The molecule has 0 saturated carbocycles. The number of nitrogens with zero attached hydrogens (tertiary/aromatic N) is 3. The zero-order chi connectivity index (χ0) is 17.6. The van der Waals surface area contributed by atoms with Gasteiger partial charge in [0.2, 0.25) is 0 Å². The minimum atomic E-state index is 0.633. The van der Waals surface area contributed by atoms with Crippen LogP contribution in [0.15, 0.2) is 24.3 Å². The lowest BCUT2D eigenvalue weighted by Gasteiger charge is -2.33. The van der Waals surface area contributed by atoms with E-state index in [0.29, 0.717) is 12.1 Å². The first-order chi connectivity index (χ1) is 12.1. The van der Waals surface area contributed by atoms with Gasteiger partial charge in [0.1, 0.15) is 11.3 Å². The summed E-state index contributed by atoms with van der Waals surface area (Å²) in [5.41, 5.74) is 3.36. The Morgan fingerprint density at radius 3 is 2.72 bits per heavy atom. The van der Waals surface area contributed by atoms with Crippen molar-refractivity contribution < 1.29 is 4.74 Å². The normalized spacial score (nSPS) is 24.1. The van der Waals surface area contributed by atoms with Crippen molar-refractivity contribution in [3.63, 3.8) is 0 Å². The van der Waals surface area contributed by atoms with Crippen LogP contribution in [0, 0.1) is 6.92 Å². The number of aryl methyl sites for hydroxylation is 1. The van der Waals surface area contributed by atoms with Crippen LogP contribution in [0.2, 0.25) is 0 Å². The summed E-state index contributed by atoms with van der Waals surface area (Å²) >= 11 is 0. The summed E-state index contributed by atoms with van der Waals surface area (Å²) in [7, 11) is 1.73. The van der Waals surface area contributed by atoms with Crippen molar-refractivity contribution in [1.82, 2.24) is 9.88 Å². The van der Waals surface area contributed by atoms with Gasteiger partial charge < -0.3 is 9.64 Å². The molecular formula is C21H29N3O. The van der Waals surface area contributed by atoms with Crippen molar-refractivity contribution in [3.8, 4) is 5.75 Å². The lowest BCUT2D eigenvalue weighted by Crippen LogP contribution is -2.43. The molecule has 2 atom stereocenters. The number of rotatable bonds is 3. The lowest BCUT2D eigenvalue weighted by atomic mass is 10.1. The van der Waals surface area contributed by atoms with Gasteiger partial charge in [-0.15, -0.1) is 0 Å². The number of fused-ring (bicyclic) bond motifs is 3. The van der Waals surface area contributed by atoms with Gasteiger partial charge in [0, 0.05) is 48.0 Å². The fourth-order valence-corrected chi connectivity index (χ4v) is 4.93. The standard InChI is InChI=1S/C21H29N3O/c1-14(2)24-16-8-9-17(24)13-23(11-10-16)19-12-15(3)22-21-18(19)6-5-7-20(21)25-4/h5-7,12,14,16-17H,8-11,13H2,1-4H3. The Morgan fingerprint density at radius 2 is 1.96 bits per heavy atom. The third-order valence-corrected chi connectivity index (χ3v) is 5.91. The Balaban J connectivity index is 1.75. The molecule has 134 valence electrons. The number of pyridine rings is 1. The molecule has 1 aromatic carbocycles. The summed E-state index contributed by atoms with van der Waals surface area (Å²) in [5, 5.41) is 1.21. The van der Waals surface area contributed by atoms with Crippen LogP contribution in [-0.4, -0.2) is 48.2 Å². The molecule has 2 aliphatic heterocycles. The highest BCUT2D eigenvalue weighted by Crippen LogP contribution is 2.37. The second-order valence-corrected chi connectivity index (χ2v) is 7.80. The molecule has 2 aliphatic rings. The summed E-state index contributed by atoms with van der Waals surface area (Å²) in [6.07, 6.45) is 3.94. The molecule has 1 aromatic heterocycles. The van der Waals surface area contributed by atoms with Gasteiger partial charge in [0.15, 0.2) is 0 Å². The zero-order valence-electron chi connectivity index (χ0n) is 15.8. The minimum Gasteiger partial charge on any atom is -0.494 e. The van der Waals surface area contributed by atoms with Crippen LogP contribution in [0.5, 0.6) is 5.75 Å². The Hall–Kier alpha value is -1.81. The van der Waals surface area contributed by atoms with Crippen molar-refractivity contribution in [2.75, 3.05) is 25.1 Å². The molecule has 2 aromatic rings. The number of hydrogen-bond donors (Lipinski definition) is 0. The molecule has 4 nitrogen and oxygen atoms in total. The van der Waals surface area contributed by atoms with E-state index in [0.717, 1.165) is 36.1 Å². The highest BCUT2D eigenvalue weighted by Gasteiger charge is 2.38. The Bertz CT molecular complexity index is 773. The monoisotopic (exact) mass is 339 g/mol. The lowest BCUT2D eigenvalue weighted by molar-refractivity contribution is 0.158. The quantitative estimate of drug-likeness (QED) is 0.845. The fourth-order valence-electron chi connectivity index (χ4n) is 4.93. The Kier molecular flexibility index (Phi) is 4.32. The van der Waals surface area contributed by atoms with Crippen molar-refractivity contribution in [3.05, 3.63) is 30.0 Å². The third kappa shape index (κ3) is 2.86. The van der Waals surface area contributed by atoms with E-state index in [1.165, 1.54) is 30.3 Å². The molecule has 3 heterocycles. The van der Waals surface area contributed by atoms with Gasteiger partial charge in [-0.2, -0.15) is 0 Å². The molecule has 0 spiro atoms. The number of ether oxygens (including phenoxy) is 1. The van der Waals surface area contributed by atoms with Gasteiger partial charge in [0.25, 0.3) is 0 Å². The number of methoxy groups -OCH3 is 1. The number of benzene rings is 1. The summed E-state index contributed by atoms with van der Waals surface area (Å²) in [6.45, 7) is 9.01. The molecule has 25 heavy (non-hydrogen) atoms. The van der Waals surface area contributed by atoms with Crippen LogP contribution in [0.25, 0.3) is 10.9 Å². The second kappa shape index (κ2) is 6.49. The van der Waals surface area contributed by atoms with Gasteiger partial charge >= 0.3 is 0 Å². The van der Waals surface area contributed by atoms with Crippen LogP contribution >= 0.6 is 0 Å². The average molecular weight is 339 g/mol. The van der Waals surface area contributed by atoms with E-state index in [4.69, 9.17) is 9.72 Å². The maximum absolute atomic E-state index is 5.56. The summed E-state index contributed by atoms with van der Waals surface area (Å²) in [4.78, 5) is 10.1. The van der Waals surface area contributed by atoms with E-state index in [1.807, 2.05) is 6.07 Å². The van der Waals surface area contributed by atoms with E-state index >= 15 is 0 Å². The number of aromatic nitrogens is 1. The van der Waals surface area contributed by atoms with E-state index in [9.17, 15) is 0 Å². The maximum atomic E-state index is 5.56. The van der Waals surface area contributed by atoms with Crippen LogP contribution in [0.1, 0.15) is 38.8 Å². The molecule has 2 fully saturated rings. The molecular weight excluding hydrogens is 310 g/mol. The van der Waals surface area contributed by atoms with Gasteiger partial charge in [-0.3, -0.25) is 4.90 Å². The fraction of sp³-hybridized carbons (Fsp3) is 0.571. The van der Waals surface area contributed by atoms with Crippen LogP contribution in [0.4, 0.5) is 5.69 Å². The highest BCUT2D eigenvalue weighted by molar-refractivity contribution is 5.95. The van der Waals surface area contributed by atoms with Gasteiger partial charge in [0.05, 0.1) is 7.11 Å². The molecule has 2 bridgehead atoms. The van der Waals surface area contributed by atoms with E-state index in [1.54, 1.807) is 7.11 Å². The first kappa shape index (κ1) is 16.6. The topological polar surface area (TPSA) is 28.6 Å². The maximum Gasteiger partial charge on any atom is 0.145 e. The molecule has 4 rings (SSSR count). The molecule has 0 radical (unpaired) electrons. The predicted octanol–water partition coefficient (Wildman–Crippen LogP) is 4.00. The van der Waals surface area contributed by atoms with Crippen molar-refractivity contribution >= 4 is 16.6 Å². The summed E-state index contributed by atoms with van der Waals surface area (Å²) in [6, 6.07) is 10.6. The van der Waals surface area contributed by atoms with E-state index in [-0.39, 0.29) is 0 Å². The van der Waals surface area contributed by atoms with Crippen molar-refractivity contribution in [2.45, 2.75) is 58.2 Å². The second-order valence-electron chi connectivity index (χ2n) is 7.80. The SMILES string of the molecule is COc1cccc2c(N3CCC4CCC(C3)N4C(C)C)cc(C)nc12. The minimum absolute atomic E-state index is 0.633. The number of para-hydroxylation sites is 1. The molecule has 0 amide bonds. The molecule has 2 unspecified atom stereocenters. The summed E-state index contributed by atoms with van der Waals surface area (Å²) in [5.74, 6) is 0.864.